The van der Waals surface area contributed by atoms with Crippen molar-refractivity contribution in [2.75, 3.05) is 20.7 Å². The highest BCUT2D eigenvalue weighted by Gasteiger charge is 2.43. The molecule has 10 nitrogen and oxygen atoms in total. The average Bonchev–Trinajstić information content (AvgIpc) is 3.06. The van der Waals surface area contributed by atoms with Gasteiger partial charge in [0.25, 0.3) is 0 Å². The number of nitro groups is 1. The molecule has 1 aliphatic rings. The molecule has 0 aliphatic carbocycles. The molecule has 0 fully saturated rings. The van der Waals surface area contributed by atoms with Gasteiger partial charge in [0.1, 0.15) is 17.7 Å². The Hall–Kier alpha value is -2.57. The van der Waals surface area contributed by atoms with E-state index in [9.17, 15) is 28.0 Å². The summed E-state index contributed by atoms with van der Waals surface area (Å²) in [6, 6.07) is 1.61. The quantitative estimate of drug-likeness (QED) is 0.602. The van der Waals surface area contributed by atoms with E-state index in [-0.39, 0.29) is 30.0 Å². The van der Waals surface area contributed by atoms with Gasteiger partial charge < -0.3 is 9.84 Å². The minimum absolute atomic E-state index is 0.0837. The van der Waals surface area contributed by atoms with Crippen LogP contribution in [0.15, 0.2) is 24.7 Å². The first-order valence-electron chi connectivity index (χ1n) is 7.38. The van der Waals surface area contributed by atoms with Crippen LogP contribution in [0, 0.1) is 15.9 Å². The van der Waals surface area contributed by atoms with E-state index in [0.29, 0.717) is 6.07 Å². The van der Waals surface area contributed by atoms with E-state index in [2.05, 4.69) is 4.98 Å². The Morgan fingerprint density at radius 3 is 2.77 bits per heavy atom. The van der Waals surface area contributed by atoms with Crippen LogP contribution in [0.2, 0.25) is 0 Å². The lowest BCUT2D eigenvalue weighted by atomic mass is 9.85. The van der Waals surface area contributed by atoms with Gasteiger partial charge in [-0.2, -0.15) is 12.7 Å². The van der Waals surface area contributed by atoms with Gasteiger partial charge in [0.05, 0.1) is 23.3 Å². The fraction of sp³-hybridized carbons (Fsp3) is 0.357. The summed E-state index contributed by atoms with van der Waals surface area (Å²) in [7, 11) is -1.21. The third kappa shape index (κ3) is 2.71. The predicted molar refractivity (Wildman–Crippen MR) is 86.4 cm³/mol. The average molecular weight is 386 g/mol. The number of hydrogen-bond acceptors (Lipinski definition) is 7. The third-order valence-electron chi connectivity index (χ3n) is 4.10. The lowest BCUT2D eigenvalue weighted by molar-refractivity contribution is -0.386. The van der Waals surface area contributed by atoms with Crippen molar-refractivity contribution in [2.45, 2.75) is 12.0 Å². The zero-order valence-electron chi connectivity index (χ0n) is 13.8. The number of aliphatic hydroxyl groups is 1. The van der Waals surface area contributed by atoms with Crippen molar-refractivity contribution in [3.05, 3.63) is 51.8 Å². The summed E-state index contributed by atoms with van der Waals surface area (Å²) in [6.07, 6.45) is 1.99. The molecule has 0 saturated heterocycles. The standard InChI is InChI=1S/C14H15FN4O6S/c1-17(2)26(23,24)18-7-12(16-8-18)14(20)3-4-25-13-10(14)5-9(15)6-11(13)19(21)22/h5-8,20H,3-4H2,1-2H3. The molecule has 0 saturated carbocycles. The molecule has 26 heavy (non-hydrogen) atoms. The van der Waals surface area contributed by atoms with Crippen molar-refractivity contribution in [3.63, 3.8) is 0 Å². The number of hydrogen-bond donors (Lipinski definition) is 1. The number of rotatable bonds is 4. The maximum Gasteiger partial charge on any atom is 0.314 e. The highest BCUT2D eigenvalue weighted by atomic mass is 32.2. The van der Waals surface area contributed by atoms with E-state index in [4.69, 9.17) is 4.74 Å². The van der Waals surface area contributed by atoms with Gasteiger partial charge in [-0.3, -0.25) is 10.1 Å². The molecule has 1 aliphatic heterocycles. The second-order valence-corrected chi connectivity index (χ2v) is 7.94. The molecule has 3 rings (SSSR count). The van der Waals surface area contributed by atoms with Gasteiger partial charge in [0.2, 0.25) is 5.75 Å². The topological polar surface area (TPSA) is 128 Å². The van der Waals surface area contributed by atoms with Gasteiger partial charge in [0.15, 0.2) is 0 Å². The van der Waals surface area contributed by atoms with Crippen molar-refractivity contribution in [1.29, 1.82) is 0 Å². The number of benzene rings is 1. The molecule has 140 valence electrons. The first-order valence-corrected chi connectivity index (χ1v) is 8.78. The maximum atomic E-state index is 13.9. The van der Waals surface area contributed by atoms with E-state index in [1.54, 1.807) is 0 Å². The maximum absolute atomic E-state index is 13.9. The van der Waals surface area contributed by atoms with Crippen LogP contribution >= 0.6 is 0 Å². The van der Waals surface area contributed by atoms with Gasteiger partial charge in [-0.1, -0.05) is 0 Å². The van der Waals surface area contributed by atoms with Crippen molar-refractivity contribution in [2.24, 2.45) is 0 Å². The Balaban J connectivity index is 2.17. The van der Waals surface area contributed by atoms with Crippen LogP contribution in [0.4, 0.5) is 10.1 Å². The Morgan fingerprint density at radius 1 is 1.46 bits per heavy atom. The van der Waals surface area contributed by atoms with Gasteiger partial charge in [-0.05, 0) is 6.07 Å². The normalized spacial score (nSPS) is 19.9. The highest BCUT2D eigenvalue weighted by Crippen LogP contribution is 2.45. The summed E-state index contributed by atoms with van der Waals surface area (Å²) in [6.45, 7) is -0.0940. The van der Waals surface area contributed by atoms with E-state index in [1.165, 1.54) is 14.1 Å². The predicted octanol–water partition coefficient (Wildman–Crippen LogP) is 0.603. The zero-order valence-corrected chi connectivity index (χ0v) is 14.6. The van der Waals surface area contributed by atoms with Gasteiger partial charge >= 0.3 is 15.9 Å². The monoisotopic (exact) mass is 386 g/mol. The van der Waals surface area contributed by atoms with Gasteiger partial charge in [-0.15, -0.1) is 0 Å². The van der Waals surface area contributed by atoms with E-state index < -0.39 is 32.2 Å². The molecule has 1 N–H and O–H groups in total. The third-order valence-corrected chi connectivity index (χ3v) is 5.75. The van der Waals surface area contributed by atoms with E-state index in [0.717, 1.165) is 26.9 Å². The highest BCUT2D eigenvalue weighted by molar-refractivity contribution is 7.87. The van der Waals surface area contributed by atoms with Crippen LogP contribution in [0.1, 0.15) is 17.7 Å². The molecular weight excluding hydrogens is 371 g/mol. The minimum atomic E-state index is -3.87. The van der Waals surface area contributed by atoms with Gasteiger partial charge in [0, 0.05) is 32.3 Å². The lowest BCUT2D eigenvalue weighted by Crippen LogP contribution is -2.35. The number of fused-ring (bicyclic) bond motifs is 1. The van der Waals surface area contributed by atoms with Crippen LogP contribution in [0.3, 0.4) is 0 Å². The molecular formula is C14H15FN4O6S. The summed E-state index contributed by atoms with van der Waals surface area (Å²) < 4.78 is 45.2. The molecule has 2 aromatic rings. The summed E-state index contributed by atoms with van der Waals surface area (Å²) in [5.74, 6) is -1.20. The molecule has 0 bridgehead atoms. The van der Waals surface area contributed by atoms with Crippen LogP contribution < -0.4 is 4.74 Å². The Kier molecular flexibility index (Phi) is 4.21. The number of nitrogens with zero attached hydrogens (tertiary/aromatic N) is 4. The zero-order chi connectivity index (χ0) is 19.3. The van der Waals surface area contributed by atoms with Crippen molar-refractivity contribution in [1.82, 2.24) is 13.3 Å². The fourth-order valence-corrected chi connectivity index (χ4v) is 3.49. The van der Waals surface area contributed by atoms with Crippen molar-refractivity contribution < 1.29 is 27.6 Å². The molecule has 2 heterocycles. The largest absolute Gasteiger partial charge is 0.486 e. The first-order chi connectivity index (χ1) is 12.1. The van der Waals surface area contributed by atoms with Crippen molar-refractivity contribution in [3.8, 4) is 5.75 Å². The first kappa shape index (κ1) is 18.2. The Labute approximate surface area is 147 Å². The number of imidazole rings is 1. The summed E-state index contributed by atoms with van der Waals surface area (Å²) in [4.78, 5) is 14.3. The Morgan fingerprint density at radius 2 is 2.15 bits per heavy atom. The summed E-state index contributed by atoms with van der Waals surface area (Å²) in [5.41, 5.74) is -2.83. The fourth-order valence-electron chi connectivity index (χ4n) is 2.71. The SMILES string of the molecule is CN(C)S(=O)(=O)n1cnc(C2(O)CCOc3c([N+](=O)[O-])cc(F)cc32)c1. The number of nitro benzene ring substituents is 1. The number of aromatic nitrogens is 2. The molecule has 1 atom stereocenters. The van der Waals surface area contributed by atoms with Crippen LogP contribution in [0.5, 0.6) is 5.75 Å². The molecule has 1 aromatic heterocycles. The van der Waals surface area contributed by atoms with Crippen LogP contribution in [-0.2, 0) is 15.8 Å². The van der Waals surface area contributed by atoms with E-state index >= 15 is 0 Å². The Bertz CT molecular complexity index is 989. The lowest BCUT2D eigenvalue weighted by Gasteiger charge is -2.32. The van der Waals surface area contributed by atoms with E-state index in [1.807, 2.05) is 0 Å². The van der Waals surface area contributed by atoms with Crippen molar-refractivity contribution >= 4 is 15.9 Å². The summed E-state index contributed by atoms with van der Waals surface area (Å²) in [5, 5.41) is 22.2. The number of halogens is 1. The summed E-state index contributed by atoms with van der Waals surface area (Å²) >= 11 is 0. The minimum Gasteiger partial charge on any atom is -0.486 e. The molecule has 1 unspecified atom stereocenters. The smallest absolute Gasteiger partial charge is 0.314 e. The van der Waals surface area contributed by atoms with Crippen LogP contribution in [0.25, 0.3) is 0 Å². The molecule has 1 aromatic carbocycles. The molecule has 0 radical (unpaired) electrons. The van der Waals surface area contributed by atoms with Gasteiger partial charge in [-0.25, -0.2) is 13.3 Å². The second-order valence-electron chi connectivity index (χ2n) is 5.90. The molecule has 12 heteroatoms. The van der Waals surface area contributed by atoms with Crippen LogP contribution in [-0.4, -0.2) is 52.4 Å². The number of ether oxygens (including phenoxy) is 1. The molecule has 0 amide bonds. The molecule has 0 spiro atoms. The second kappa shape index (κ2) is 6.00.